The number of hydrogen-bond acceptors (Lipinski definition) is 10. The molecular formula is C28H27N6O2S3+. The number of piperidine rings is 1. The number of anilines is 2. The SMILES string of the molecule is CC(=O)[N+]1(C)CCC(c2nsc(Nc3ncc(Sc4ccnc5ccsc45)cc3Oc3ccccc3)n2)CC1. The number of amides is 1. The highest BCUT2D eigenvalue weighted by Gasteiger charge is 2.36. The molecule has 1 N–H and O–H groups in total. The van der Waals surface area contributed by atoms with Crippen LogP contribution in [0.5, 0.6) is 11.5 Å². The van der Waals surface area contributed by atoms with Gasteiger partial charge in [-0.25, -0.2) is 14.8 Å². The van der Waals surface area contributed by atoms with Gasteiger partial charge < -0.3 is 10.1 Å². The van der Waals surface area contributed by atoms with Crippen LogP contribution in [0.15, 0.2) is 76.1 Å². The summed E-state index contributed by atoms with van der Waals surface area (Å²) >= 11 is 4.63. The molecule has 4 aromatic heterocycles. The Morgan fingerprint density at radius 2 is 1.95 bits per heavy atom. The number of hydrogen-bond donors (Lipinski definition) is 1. The molecule has 198 valence electrons. The van der Waals surface area contributed by atoms with Gasteiger partial charge in [0.05, 0.1) is 37.3 Å². The Hall–Kier alpha value is -3.38. The van der Waals surface area contributed by atoms with Crippen LogP contribution in [0.2, 0.25) is 0 Å². The lowest BCUT2D eigenvalue weighted by Crippen LogP contribution is -2.52. The number of nitrogens with zero attached hydrogens (tertiary/aromatic N) is 5. The number of nitrogens with one attached hydrogen (secondary N) is 1. The third-order valence-corrected chi connectivity index (χ3v) is 9.80. The zero-order chi connectivity index (χ0) is 26.8. The monoisotopic (exact) mass is 575 g/mol. The van der Waals surface area contributed by atoms with Crippen LogP contribution in [0.3, 0.4) is 0 Å². The number of pyridine rings is 2. The van der Waals surface area contributed by atoms with Crippen molar-refractivity contribution in [3.63, 3.8) is 0 Å². The Balaban J connectivity index is 1.23. The number of para-hydroxylation sites is 1. The Kier molecular flexibility index (Phi) is 7.30. The number of fused-ring (bicyclic) bond motifs is 1. The van der Waals surface area contributed by atoms with Gasteiger partial charge in [0.25, 0.3) is 0 Å². The summed E-state index contributed by atoms with van der Waals surface area (Å²) in [6.07, 6.45) is 5.46. The second-order valence-corrected chi connectivity index (χ2v) is 12.5. The van der Waals surface area contributed by atoms with Gasteiger partial charge in [-0.3, -0.25) is 9.47 Å². The first-order valence-electron chi connectivity index (χ1n) is 12.7. The summed E-state index contributed by atoms with van der Waals surface area (Å²) in [6.45, 7) is 3.30. The fourth-order valence-electron chi connectivity index (χ4n) is 4.59. The van der Waals surface area contributed by atoms with E-state index in [4.69, 9.17) is 14.7 Å². The summed E-state index contributed by atoms with van der Waals surface area (Å²) in [4.78, 5) is 28.1. The minimum Gasteiger partial charge on any atom is -0.453 e. The van der Waals surface area contributed by atoms with E-state index < -0.39 is 0 Å². The fourth-order valence-corrected chi connectivity index (χ4v) is 7.12. The second kappa shape index (κ2) is 11.0. The molecule has 0 atom stereocenters. The van der Waals surface area contributed by atoms with Gasteiger partial charge in [0.1, 0.15) is 11.6 Å². The van der Waals surface area contributed by atoms with E-state index in [0.717, 1.165) is 57.5 Å². The molecular weight excluding hydrogens is 549 g/mol. The predicted octanol–water partition coefficient (Wildman–Crippen LogP) is 7.10. The van der Waals surface area contributed by atoms with E-state index in [2.05, 4.69) is 20.1 Å². The van der Waals surface area contributed by atoms with Crippen LogP contribution < -0.4 is 10.1 Å². The number of aromatic nitrogens is 4. The third kappa shape index (κ3) is 5.67. The van der Waals surface area contributed by atoms with Gasteiger partial charge in [-0.1, -0.05) is 30.0 Å². The lowest BCUT2D eigenvalue weighted by atomic mass is 9.94. The summed E-state index contributed by atoms with van der Waals surface area (Å²) in [5.74, 6) is 3.19. The summed E-state index contributed by atoms with van der Waals surface area (Å²) in [6, 6.07) is 15.7. The maximum Gasteiger partial charge on any atom is 0.310 e. The number of benzene rings is 1. The molecule has 1 fully saturated rings. The molecule has 0 unspecified atom stereocenters. The van der Waals surface area contributed by atoms with E-state index in [1.807, 2.05) is 68.0 Å². The largest absolute Gasteiger partial charge is 0.453 e. The number of likely N-dealkylation sites (tertiary alicyclic amines) is 1. The van der Waals surface area contributed by atoms with Crippen LogP contribution in [0.25, 0.3) is 10.2 Å². The van der Waals surface area contributed by atoms with E-state index in [0.29, 0.717) is 21.2 Å². The molecule has 1 saturated heterocycles. The van der Waals surface area contributed by atoms with Crippen LogP contribution in [0, 0.1) is 0 Å². The minimum absolute atomic E-state index is 0.212. The van der Waals surface area contributed by atoms with Crippen molar-refractivity contribution < 1.29 is 14.0 Å². The molecule has 1 aliphatic rings. The first-order valence-corrected chi connectivity index (χ1v) is 15.1. The van der Waals surface area contributed by atoms with Gasteiger partial charge in [0.2, 0.25) is 5.13 Å². The molecule has 1 amide bonds. The highest BCUT2D eigenvalue weighted by atomic mass is 32.2. The zero-order valence-electron chi connectivity index (χ0n) is 21.5. The number of ether oxygens (including phenoxy) is 1. The Morgan fingerprint density at radius 1 is 1.13 bits per heavy atom. The van der Waals surface area contributed by atoms with Crippen molar-refractivity contribution in [2.24, 2.45) is 0 Å². The number of carbonyl (C=O) groups excluding carboxylic acids is 1. The molecule has 8 nitrogen and oxygen atoms in total. The van der Waals surface area contributed by atoms with Crippen molar-refractivity contribution in [3.05, 3.63) is 72.1 Å². The first-order chi connectivity index (χ1) is 19.0. The number of carbonyl (C=O) groups is 1. The molecule has 0 spiro atoms. The molecule has 1 aliphatic heterocycles. The maximum absolute atomic E-state index is 12.0. The smallest absolute Gasteiger partial charge is 0.310 e. The lowest BCUT2D eigenvalue weighted by molar-refractivity contribution is -0.839. The average Bonchev–Trinajstić information content (AvgIpc) is 3.62. The minimum atomic E-state index is 0.212. The number of rotatable bonds is 7. The molecule has 39 heavy (non-hydrogen) atoms. The molecule has 0 saturated carbocycles. The molecule has 11 heteroatoms. The van der Waals surface area contributed by atoms with Crippen LogP contribution in [0.1, 0.15) is 31.5 Å². The van der Waals surface area contributed by atoms with Crippen molar-refractivity contribution in [1.82, 2.24) is 19.3 Å². The fraction of sp³-hybridized carbons (Fsp3) is 0.250. The predicted molar refractivity (Wildman–Crippen MR) is 156 cm³/mol. The molecule has 0 bridgehead atoms. The zero-order valence-corrected chi connectivity index (χ0v) is 24.0. The molecule has 6 rings (SSSR count). The van der Waals surface area contributed by atoms with Crippen molar-refractivity contribution in [2.45, 2.75) is 35.5 Å². The highest BCUT2D eigenvalue weighted by Crippen LogP contribution is 2.40. The van der Waals surface area contributed by atoms with Gasteiger partial charge in [0, 0.05) is 58.5 Å². The Labute approximate surface area is 238 Å². The van der Waals surface area contributed by atoms with E-state index in [9.17, 15) is 4.79 Å². The van der Waals surface area contributed by atoms with Crippen LogP contribution >= 0.6 is 34.6 Å². The average molecular weight is 576 g/mol. The Morgan fingerprint density at radius 3 is 2.74 bits per heavy atom. The van der Waals surface area contributed by atoms with Gasteiger partial charge in [-0.15, -0.1) is 11.3 Å². The van der Waals surface area contributed by atoms with Gasteiger partial charge in [-0.05, 0) is 29.6 Å². The maximum atomic E-state index is 12.0. The second-order valence-electron chi connectivity index (χ2n) is 9.70. The van der Waals surface area contributed by atoms with Gasteiger partial charge in [-0.2, -0.15) is 4.37 Å². The lowest BCUT2D eigenvalue weighted by Gasteiger charge is -2.36. The first kappa shape index (κ1) is 25.9. The van der Waals surface area contributed by atoms with Crippen LogP contribution in [-0.4, -0.2) is 49.9 Å². The topological polar surface area (TPSA) is 89.9 Å². The van der Waals surface area contributed by atoms with Crippen molar-refractivity contribution >= 4 is 61.7 Å². The Bertz CT molecular complexity index is 1610. The summed E-state index contributed by atoms with van der Waals surface area (Å²) in [5, 5.41) is 6.06. The molecule has 5 heterocycles. The third-order valence-electron chi connectivity index (χ3n) is 7.07. The van der Waals surface area contributed by atoms with Crippen LogP contribution in [-0.2, 0) is 4.79 Å². The van der Waals surface area contributed by atoms with E-state index in [1.54, 1.807) is 30.0 Å². The quantitative estimate of drug-likeness (QED) is 0.206. The highest BCUT2D eigenvalue weighted by molar-refractivity contribution is 7.99. The van der Waals surface area contributed by atoms with Gasteiger partial charge >= 0.3 is 5.91 Å². The molecule has 5 aromatic rings. The van der Waals surface area contributed by atoms with E-state index in [1.165, 1.54) is 11.5 Å². The molecule has 0 aliphatic carbocycles. The van der Waals surface area contributed by atoms with Crippen LogP contribution in [0.4, 0.5) is 10.9 Å². The molecule has 0 radical (unpaired) electrons. The van der Waals surface area contributed by atoms with E-state index in [-0.39, 0.29) is 11.8 Å². The van der Waals surface area contributed by atoms with Crippen molar-refractivity contribution in [1.29, 1.82) is 0 Å². The van der Waals surface area contributed by atoms with Gasteiger partial charge in [0.15, 0.2) is 11.6 Å². The van der Waals surface area contributed by atoms with Crippen molar-refractivity contribution in [2.75, 3.05) is 25.5 Å². The van der Waals surface area contributed by atoms with E-state index >= 15 is 0 Å². The van der Waals surface area contributed by atoms with Crippen molar-refractivity contribution in [3.8, 4) is 11.5 Å². The summed E-state index contributed by atoms with van der Waals surface area (Å²) < 4.78 is 12.6. The molecule has 1 aromatic carbocycles. The number of thiophene rings is 1. The summed E-state index contributed by atoms with van der Waals surface area (Å²) in [5.41, 5.74) is 0.993. The normalized spacial score (nSPS) is 19.2. The summed E-state index contributed by atoms with van der Waals surface area (Å²) in [7, 11) is 2.01. The standard InChI is InChI=1S/C28H27N6O2S3/c1-18(35)34(2)13-9-19(10-14-34)26-31-28(39-33-26)32-27-23(36-20-6-4-3-5-7-20)16-21(17-30-27)38-24-8-12-29-22-11-15-37-25(22)24/h3-8,11-12,15-17,19H,9-10,13-14H2,1-2H3,(H,30,31,32,33)/q+1. The number of quaternary nitrogens is 1.